The van der Waals surface area contributed by atoms with Crippen LogP contribution in [0, 0.1) is 17.8 Å². The third kappa shape index (κ3) is 3.44. The van der Waals surface area contributed by atoms with E-state index < -0.39 is 0 Å². The van der Waals surface area contributed by atoms with Crippen LogP contribution in [0.15, 0.2) is 0 Å². The predicted octanol–water partition coefficient (Wildman–Crippen LogP) is 2.06. The van der Waals surface area contributed by atoms with E-state index >= 15 is 0 Å². The van der Waals surface area contributed by atoms with Gasteiger partial charge in [-0.2, -0.15) is 0 Å². The van der Waals surface area contributed by atoms with E-state index in [1.165, 1.54) is 25.7 Å². The van der Waals surface area contributed by atoms with Crippen LogP contribution < -0.4 is 11.1 Å². The molecule has 3 N–H and O–H groups in total. The van der Waals surface area contributed by atoms with E-state index in [4.69, 9.17) is 5.73 Å². The Kier molecular flexibility index (Phi) is 4.43. The zero-order chi connectivity index (χ0) is 12.3. The van der Waals surface area contributed by atoms with Crippen LogP contribution in [0.1, 0.15) is 51.9 Å². The molecule has 17 heavy (non-hydrogen) atoms. The van der Waals surface area contributed by atoms with E-state index in [9.17, 15) is 4.79 Å². The molecule has 2 aliphatic rings. The van der Waals surface area contributed by atoms with Crippen molar-refractivity contribution in [1.29, 1.82) is 0 Å². The van der Waals surface area contributed by atoms with Gasteiger partial charge in [-0.3, -0.25) is 4.79 Å². The van der Waals surface area contributed by atoms with Crippen molar-refractivity contribution in [3.05, 3.63) is 0 Å². The summed E-state index contributed by atoms with van der Waals surface area (Å²) in [7, 11) is 0. The monoisotopic (exact) mass is 238 g/mol. The number of nitrogens with two attached hydrogens (primary N) is 1. The van der Waals surface area contributed by atoms with E-state index in [-0.39, 0.29) is 17.9 Å². The van der Waals surface area contributed by atoms with Gasteiger partial charge >= 0.3 is 0 Å². The van der Waals surface area contributed by atoms with Crippen LogP contribution in [-0.4, -0.2) is 18.5 Å². The molecule has 1 amide bonds. The highest BCUT2D eigenvalue weighted by atomic mass is 16.1. The topological polar surface area (TPSA) is 55.1 Å². The van der Waals surface area contributed by atoms with Gasteiger partial charge in [-0.25, -0.2) is 0 Å². The molecule has 0 radical (unpaired) electrons. The third-order valence-electron chi connectivity index (χ3n) is 4.61. The SMILES string of the molecule is CC1CCC(CNC(=O)C2CCCC2N)CC1. The Morgan fingerprint density at radius 2 is 1.88 bits per heavy atom. The van der Waals surface area contributed by atoms with Crippen LogP contribution >= 0.6 is 0 Å². The van der Waals surface area contributed by atoms with Crippen molar-refractivity contribution in [2.24, 2.45) is 23.5 Å². The molecular formula is C14H26N2O. The molecule has 2 atom stereocenters. The van der Waals surface area contributed by atoms with E-state index in [0.29, 0.717) is 5.92 Å². The Labute approximate surface area is 105 Å². The Morgan fingerprint density at radius 3 is 2.47 bits per heavy atom. The summed E-state index contributed by atoms with van der Waals surface area (Å²) in [5.74, 6) is 1.86. The molecule has 0 saturated heterocycles. The molecular weight excluding hydrogens is 212 g/mol. The summed E-state index contributed by atoms with van der Waals surface area (Å²) in [4.78, 5) is 12.0. The molecule has 0 aliphatic heterocycles. The van der Waals surface area contributed by atoms with E-state index in [2.05, 4.69) is 12.2 Å². The molecule has 0 aromatic rings. The lowest BCUT2D eigenvalue weighted by Gasteiger charge is -2.27. The molecule has 3 nitrogen and oxygen atoms in total. The minimum absolute atomic E-state index is 0.0810. The van der Waals surface area contributed by atoms with Crippen molar-refractivity contribution < 1.29 is 4.79 Å². The Bertz CT molecular complexity index is 259. The lowest BCUT2D eigenvalue weighted by Crippen LogP contribution is -2.40. The van der Waals surface area contributed by atoms with Gasteiger partial charge in [0.25, 0.3) is 0 Å². The van der Waals surface area contributed by atoms with Gasteiger partial charge in [-0.15, -0.1) is 0 Å². The highest BCUT2D eigenvalue weighted by molar-refractivity contribution is 5.79. The minimum Gasteiger partial charge on any atom is -0.356 e. The number of carbonyl (C=O) groups is 1. The Hall–Kier alpha value is -0.570. The summed E-state index contributed by atoms with van der Waals surface area (Å²) < 4.78 is 0. The predicted molar refractivity (Wildman–Crippen MR) is 69.4 cm³/mol. The quantitative estimate of drug-likeness (QED) is 0.790. The van der Waals surface area contributed by atoms with Gasteiger partial charge in [0, 0.05) is 12.6 Å². The molecule has 2 saturated carbocycles. The number of rotatable bonds is 3. The first-order valence-corrected chi connectivity index (χ1v) is 7.20. The van der Waals surface area contributed by atoms with Crippen molar-refractivity contribution in [2.75, 3.05) is 6.54 Å². The summed E-state index contributed by atoms with van der Waals surface area (Å²) >= 11 is 0. The molecule has 2 fully saturated rings. The summed E-state index contributed by atoms with van der Waals surface area (Å²) in [6.07, 6.45) is 8.30. The van der Waals surface area contributed by atoms with Gasteiger partial charge < -0.3 is 11.1 Å². The largest absolute Gasteiger partial charge is 0.356 e. The molecule has 0 aromatic carbocycles. The van der Waals surface area contributed by atoms with Crippen molar-refractivity contribution in [1.82, 2.24) is 5.32 Å². The van der Waals surface area contributed by atoms with Crippen molar-refractivity contribution in [3.63, 3.8) is 0 Å². The molecule has 0 spiro atoms. The van der Waals surface area contributed by atoms with Crippen LogP contribution in [0.3, 0.4) is 0 Å². The fourth-order valence-corrected chi connectivity index (χ4v) is 3.22. The first-order chi connectivity index (χ1) is 8.16. The van der Waals surface area contributed by atoms with E-state index in [0.717, 1.165) is 31.7 Å². The van der Waals surface area contributed by atoms with E-state index in [1.807, 2.05) is 0 Å². The number of hydrogen-bond donors (Lipinski definition) is 2. The van der Waals surface area contributed by atoms with Gasteiger partial charge in [-0.05, 0) is 37.5 Å². The highest BCUT2D eigenvalue weighted by Gasteiger charge is 2.30. The van der Waals surface area contributed by atoms with Crippen LogP contribution in [0.5, 0.6) is 0 Å². The number of nitrogens with one attached hydrogen (secondary N) is 1. The summed E-state index contributed by atoms with van der Waals surface area (Å²) in [5.41, 5.74) is 5.95. The average molecular weight is 238 g/mol. The molecule has 0 aromatic heterocycles. The molecule has 2 aliphatic carbocycles. The van der Waals surface area contributed by atoms with Crippen LogP contribution in [0.2, 0.25) is 0 Å². The lowest BCUT2D eigenvalue weighted by molar-refractivity contribution is -0.125. The number of carbonyl (C=O) groups excluding carboxylic acids is 1. The smallest absolute Gasteiger partial charge is 0.224 e. The van der Waals surface area contributed by atoms with Gasteiger partial charge in [0.15, 0.2) is 0 Å². The Morgan fingerprint density at radius 1 is 1.18 bits per heavy atom. The minimum atomic E-state index is 0.0810. The number of amides is 1. The maximum Gasteiger partial charge on any atom is 0.224 e. The molecule has 0 heterocycles. The maximum atomic E-state index is 12.0. The van der Waals surface area contributed by atoms with Crippen molar-refractivity contribution in [3.8, 4) is 0 Å². The number of hydrogen-bond acceptors (Lipinski definition) is 2. The standard InChI is InChI=1S/C14H26N2O/c1-10-5-7-11(8-6-10)9-16-14(17)12-3-2-4-13(12)15/h10-13H,2-9,15H2,1H3,(H,16,17). The molecule has 98 valence electrons. The van der Waals surface area contributed by atoms with Gasteiger partial charge in [0.2, 0.25) is 5.91 Å². The Balaban J connectivity index is 1.69. The average Bonchev–Trinajstić information content (AvgIpc) is 2.74. The van der Waals surface area contributed by atoms with Crippen molar-refractivity contribution >= 4 is 5.91 Å². The maximum absolute atomic E-state index is 12.0. The third-order valence-corrected chi connectivity index (χ3v) is 4.61. The normalized spacial score (nSPS) is 38.0. The molecule has 0 bridgehead atoms. The van der Waals surface area contributed by atoms with Gasteiger partial charge in [0.1, 0.15) is 0 Å². The van der Waals surface area contributed by atoms with Crippen LogP contribution in [0.25, 0.3) is 0 Å². The first-order valence-electron chi connectivity index (χ1n) is 7.20. The second-order valence-corrected chi connectivity index (χ2v) is 6.07. The van der Waals surface area contributed by atoms with E-state index in [1.54, 1.807) is 0 Å². The van der Waals surface area contributed by atoms with Gasteiger partial charge in [0.05, 0.1) is 5.92 Å². The molecule has 2 rings (SSSR count). The first kappa shape index (κ1) is 12.9. The van der Waals surface area contributed by atoms with Crippen molar-refractivity contribution in [2.45, 2.75) is 57.9 Å². The summed E-state index contributed by atoms with van der Waals surface area (Å²) in [6.45, 7) is 3.20. The zero-order valence-electron chi connectivity index (χ0n) is 11.0. The fraction of sp³-hybridized carbons (Fsp3) is 0.929. The second-order valence-electron chi connectivity index (χ2n) is 6.07. The molecule has 2 unspecified atom stereocenters. The highest BCUT2D eigenvalue weighted by Crippen LogP contribution is 2.28. The zero-order valence-corrected chi connectivity index (χ0v) is 11.0. The van der Waals surface area contributed by atoms with Gasteiger partial charge in [-0.1, -0.05) is 26.2 Å². The summed E-state index contributed by atoms with van der Waals surface area (Å²) in [5, 5.41) is 3.12. The fourth-order valence-electron chi connectivity index (χ4n) is 3.22. The lowest BCUT2D eigenvalue weighted by atomic mass is 9.83. The van der Waals surface area contributed by atoms with Crippen LogP contribution in [0.4, 0.5) is 0 Å². The van der Waals surface area contributed by atoms with Crippen LogP contribution in [-0.2, 0) is 4.79 Å². The summed E-state index contributed by atoms with van der Waals surface area (Å²) in [6, 6.07) is 0.0985. The molecule has 3 heteroatoms. The second kappa shape index (κ2) is 5.85.